The van der Waals surface area contributed by atoms with Crippen molar-refractivity contribution >= 4 is 50.1 Å². The molecule has 0 bridgehead atoms. The standard InChI is InChI=1S/C19H23BrN2O5S/c1-6-22(7-2)18(24)15-11(5)14(19(25)26-10(3)4)17(28-15)21-16(23)12-8-9-13(20)27-12/h8-10H,6-7H2,1-5H3,(H,21,23). The van der Waals surface area contributed by atoms with Crippen LogP contribution in [0.4, 0.5) is 5.00 Å². The van der Waals surface area contributed by atoms with Crippen LogP contribution in [-0.4, -0.2) is 41.9 Å². The molecule has 2 aromatic rings. The molecule has 0 saturated heterocycles. The summed E-state index contributed by atoms with van der Waals surface area (Å²) in [4.78, 5) is 40.0. The largest absolute Gasteiger partial charge is 0.459 e. The minimum atomic E-state index is -0.585. The molecule has 0 fully saturated rings. The Morgan fingerprint density at radius 2 is 1.89 bits per heavy atom. The number of thiophene rings is 1. The van der Waals surface area contributed by atoms with E-state index in [4.69, 9.17) is 9.15 Å². The number of esters is 1. The number of furan rings is 1. The molecule has 0 unspecified atom stereocenters. The van der Waals surface area contributed by atoms with Crippen molar-refractivity contribution in [2.45, 2.75) is 40.7 Å². The lowest BCUT2D eigenvalue weighted by Crippen LogP contribution is -2.30. The first-order valence-electron chi connectivity index (χ1n) is 8.89. The van der Waals surface area contributed by atoms with Gasteiger partial charge in [0.05, 0.1) is 16.5 Å². The molecule has 28 heavy (non-hydrogen) atoms. The van der Waals surface area contributed by atoms with E-state index in [1.54, 1.807) is 31.7 Å². The Kier molecular flexibility index (Phi) is 7.42. The van der Waals surface area contributed by atoms with E-state index in [-0.39, 0.29) is 28.3 Å². The quantitative estimate of drug-likeness (QED) is 0.591. The monoisotopic (exact) mass is 470 g/mol. The van der Waals surface area contributed by atoms with Crippen LogP contribution in [0.1, 0.15) is 63.8 Å². The minimum Gasteiger partial charge on any atom is -0.459 e. The molecule has 2 heterocycles. The second-order valence-corrected chi connectivity index (χ2v) is 8.05. The SMILES string of the molecule is CCN(CC)C(=O)c1sc(NC(=O)c2ccc(Br)o2)c(C(=O)OC(C)C)c1C. The zero-order valence-electron chi connectivity index (χ0n) is 16.4. The number of nitrogens with zero attached hydrogens (tertiary/aromatic N) is 1. The molecule has 0 aliphatic carbocycles. The molecule has 0 radical (unpaired) electrons. The molecule has 0 atom stereocenters. The Balaban J connectivity index is 2.46. The topological polar surface area (TPSA) is 88.9 Å². The maximum absolute atomic E-state index is 12.8. The molecular formula is C19H23BrN2O5S. The molecule has 0 saturated carbocycles. The summed E-state index contributed by atoms with van der Waals surface area (Å²) in [7, 11) is 0. The summed E-state index contributed by atoms with van der Waals surface area (Å²) in [6, 6.07) is 3.10. The second kappa shape index (κ2) is 9.38. The normalized spacial score (nSPS) is 10.8. The lowest BCUT2D eigenvalue weighted by molar-refractivity contribution is 0.0379. The van der Waals surface area contributed by atoms with Gasteiger partial charge in [-0.15, -0.1) is 11.3 Å². The van der Waals surface area contributed by atoms with E-state index in [1.165, 1.54) is 6.07 Å². The van der Waals surface area contributed by atoms with Crippen LogP contribution >= 0.6 is 27.3 Å². The van der Waals surface area contributed by atoms with Crippen molar-refractivity contribution in [3.8, 4) is 0 Å². The van der Waals surface area contributed by atoms with Crippen LogP contribution in [0.3, 0.4) is 0 Å². The third-order valence-corrected chi connectivity index (χ3v) is 5.58. The van der Waals surface area contributed by atoms with E-state index in [9.17, 15) is 14.4 Å². The number of amides is 2. The number of hydrogen-bond donors (Lipinski definition) is 1. The molecule has 1 N–H and O–H groups in total. The van der Waals surface area contributed by atoms with Gasteiger partial charge in [0.15, 0.2) is 10.4 Å². The first kappa shape index (κ1) is 22.2. The summed E-state index contributed by atoms with van der Waals surface area (Å²) in [6.07, 6.45) is -0.335. The molecule has 9 heteroatoms. The molecule has 7 nitrogen and oxygen atoms in total. The van der Waals surface area contributed by atoms with Crippen LogP contribution in [-0.2, 0) is 4.74 Å². The van der Waals surface area contributed by atoms with E-state index >= 15 is 0 Å². The predicted octanol–water partition coefficient (Wildman–Crippen LogP) is 4.71. The number of halogens is 1. The van der Waals surface area contributed by atoms with Gasteiger partial charge in [0.25, 0.3) is 11.8 Å². The fraction of sp³-hybridized carbons (Fsp3) is 0.421. The number of anilines is 1. The highest BCUT2D eigenvalue weighted by Crippen LogP contribution is 2.35. The number of hydrogen-bond acceptors (Lipinski definition) is 6. The van der Waals surface area contributed by atoms with E-state index in [2.05, 4.69) is 21.2 Å². The number of nitrogens with one attached hydrogen (secondary N) is 1. The minimum absolute atomic E-state index is 0.0812. The summed E-state index contributed by atoms with van der Waals surface area (Å²) < 4.78 is 11.0. The van der Waals surface area contributed by atoms with Gasteiger partial charge in [0.2, 0.25) is 0 Å². The van der Waals surface area contributed by atoms with Crippen molar-refractivity contribution < 1.29 is 23.5 Å². The number of carbonyl (C=O) groups excluding carboxylic acids is 3. The zero-order chi connectivity index (χ0) is 21.0. The van der Waals surface area contributed by atoms with Crippen LogP contribution in [0.2, 0.25) is 0 Å². The van der Waals surface area contributed by atoms with Gasteiger partial charge in [-0.25, -0.2) is 4.79 Å². The average molecular weight is 471 g/mol. The molecule has 2 rings (SSSR count). The summed E-state index contributed by atoms with van der Waals surface area (Å²) in [5.41, 5.74) is 0.677. The maximum Gasteiger partial charge on any atom is 0.341 e. The van der Waals surface area contributed by atoms with Crippen molar-refractivity contribution in [1.29, 1.82) is 0 Å². The van der Waals surface area contributed by atoms with Crippen molar-refractivity contribution in [2.75, 3.05) is 18.4 Å². The zero-order valence-corrected chi connectivity index (χ0v) is 18.8. The van der Waals surface area contributed by atoms with Gasteiger partial charge < -0.3 is 19.4 Å². The Labute approximate surface area is 176 Å². The molecule has 2 amide bonds. The van der Waals surface area contributed by atoms with Gasteiger partial charge in [0.1, 0.15) is 5.00 Å². The molecule has 0 aromatic carbocycles. The number of rotatable bonds is 7. The van der Waals surface area contributed by atoms with Crippen LogP contribution in [0.15, 0.2) is 21.2 Å². The highest BCUT2D eigenvalue weighted by Gasteiger charge is 2.29. The molecular weight excluding hydrogens is 448 g/mol. The fourth-order valence-corrected chi connectivity index (χ4v) is 4.04. The lowest BCUT2D eigenvalue weighted by atomic mass is 10.1. The highest BCUT2D eigenvalue weighted by molar-refractivity contribution is 9.10. The Morgan fingerprint density at radius 1 is 1.25 bits per heavy atom. The van der Waals surface area contributed by atoms with Crippen molar-refractivity contribution in [3.05, 3.63) is 38.6 Å². The average Bonchev–Trinajstić information content (AvgIpc) is 3.18. The van der Waals surface area contributed by atoms with Crippen LogP contribution < -0.4 is 5.32 Å². The lowest BCUT2D eigenvalue weighted by Gasteiger charge is -2.18. The van der Waals surface area contributed by atoms with Crippen LogP contribution in [0.5, 0.6) is 0 Å². The van der Waals surface area contributed by atoms with E-state index in [1.807, 2.05) is 13.8 Å². The second-order valence-electron chi connectivity index (χ2n) is 6.25. The predicted molar refractivity (Wildman–Crippen MR) is 111 cm³/mol. The van der Waals surface area contributed by atoms with Gasteiger partial charge in [-0.3, -0.25) is 9.59 Å². The first-order chi connectivity index (χ1) is 13.2. The van der Waals surface area contributed by atoms with Gasteiger partial charge >= 0.3 is 5.97 Å². The van der Waals surface area contributed by atoms with Gasteiger partial charge in [-0.1, -0.05) is 0 Å². The Hall–Kier alpha value is -2.13. The van der Waals surface area contributed by atoms with Gasteiger partial charge in [0, 0.05) is 13.1 Å². The highest BCUT2D eigenvalue weighted by atomic mass is 79.9. The van der Waals surface area contributed by atoms with Gasteiger partial charge in [-0.2, -0.15) is 0 Å². The van der Waals surface area contributed by atoms with Crippen LogP contribution in [0.25, 0.3) is 0 Å². The maximum atomic E-state index is 12.8. The molecule has 2 aromatic heterocycles. The van der Waals surface area contributed by atoms with Crippen molar-refractivity contribution in [3.63, 3.8) is 0 Å². The number of ether oxygens (including phenoxy) is 1. The summed E-state index contributed by atoms with van der Waals surface area (Å²) >= 11 is 4.21. The van der Waals surface area contributed by atoms with E-state index < -0.39 is 11.9 Å². The van der Waals surface area contributed by atoms with Crippen LogP contribution in [0, 0.1) is 6.92 Å². The first-order valence-corrected chi connectivity index (χ1v) is 10.5. The summed E-state index contributed by atoms with van der Waals surface area (Å²) in [6.45, 7) is 10.0. The third kappa shape index (κ3) is 4.82. The van der Waals surface area contributed by atoms with Gasteiger partial charge in [-0.05, 0) is 68.2 Å². The third-order valence-electron chi connectivity index (χ3n) is 3.96. The molecule has 0 aliphatic heterocycles. The molecule has 152 valence electrons. The Bertz CT molecular complexity index is 883. The van der Waals surface area contributed by atoms with Crippen molar-refractivity contribution in [2.24, 2.45) is 0 Å². The van der Waals surface area contributed by atoms with E-state index in [0.29, 0.717) is 28.2 Å². The Morgan fingerprint density at radius 3 is 2.39 bits per heavy atom. The summed E-state index contributed by atoms with van der Waals surface area (Å²) in [5.74, 6) is -1.21. The smallest absolute Gasteiger partial charge is 0.341 e. The number of carbonyl (C=O) groups is 3. The molecule has 0 aliphatic rings. The summed E-state index contributed by atoms with van der Waals surface area (Å²) in [5, 5.41) is 2.94. The van der Waals surface area contributed by atoms with E-state index in [0.717, 1.165) is 11.3 Å². The van der Waals surface area contributed by atoms with Crippen molar-refractivity contribution in [1.82, 2.24) is 4.90 Å². The molecule has 0 spiro atoms. The fourth-order valence-electron chi connectivity index (χ4n) is 2.58.